The molecule has 0 rings (SSSR count). The topological polar surface area (TPSA) is 77.4 Å². The average molecular weight is 344 g/mol. The van der Waals surface area contributed by atoms with Crippen LogP contribution < -0.4 is 29.6 Å². The van der Waals surface area contributed by atoms with Crippen LogP contribution in [0.15, 0.2) is 0 Å². The molecule has 0 saturated heterocycles. The van der Waals surface area contributed by atoms with Crippen LogP contribution in [0.4, 0.5) is 0 Å². The molecule has 1 atom stereocenters. The molecule has 128 valence electrons. The van der Waals surface area contributed by atoms with E-state index in [9.17, 15) is 18.1 Å². The summed E-state index contributed by atoms with van der Waals surface area (Å²) in [6.45, 7) is 2.23. The van der Waals surface area contributed by atoms with Crippen LogP contribution in [0.1, 0.15) is 90.4 Å². The van der Waals surface area contributed by atoms with Gasteiger partial charge in [-0.25, -0.2) is 8.42 Å². The van der Waals surface area contributed by atoms with E-state index in [-0.39, 0.29) is 41.4 Å². The predicted octanol–water partition coefficient (Wildman–Crippen LogP) is 0.988. The van der Waals surface area contributed by atoms with Gasteiger partial charge in [0, 0.05) is 5.75 Å². The zero-order chi connectivity index (χ0) is 16.0. The summed E-state index contributed by atoms with van der Waals surface area (Å²) in [7, 11) is -4.09. The third-order valence-electron chi connectivity index (χ3n) is 3.82. The van der Waals surface area contributed by atoms with E-state index in [0.717, 1.165) is 12.8 Å². The van der Waals surface area contributed by atoms with Crippen LogP contribution in [0.2, 0.25) is 0 Å². The molecule has 0 aromatic rings. The molecule has 22 heavy (non-hydrogen) atoms. The molecule has 0 fully saturated rings. The van der Waals surface area contributed by atoms with Crippen LogP contribution in [0, 0.1) is 0 Å². The first kappa shape index (κ1) is 25.1. The number of rotatable bonds is 15. The Morgan fingerprint density at radius 3 is 1.68 bits per heavy atom. The van der Waals surface area contributed by atoms with E-state index in [4.69, 9.17) is 0 Å². The summed E-state index contributed by atoms with van der Waals surface area (Å²) in [4.78, 5) is 0. The average Bonchev–Trinajstić information content (AvgIpc) is 2.41. The molecule has 4 nitrogen and oxygen atoms in total. The molecule has 0 bridgehead atoms. The number of unbranched alkanes of at least 4 members (excludes halogenated alkanes) is 9. The molecule has 1 N–H and O–H groups in total. The number of aliphatic hydroxyl groups is 1. The van der Waals surface area contributed by atoms with Crippen molar-refractivity contribution in [1.29, 1.82) is 0 Å². The fourth-order valence-electron chi connectivity index (χ4n) is 2.49. The van der Waals surface area contributed by atoms with Crippen molar-refractivity contribution in [2.24, 2.45) is 0 Å². The molecular formula is C16H33NaO4S. The minimum Gasteiger partial charge on any atom is -0.748 e. The standard InChI is InChI=1S/C16H34O4S.Na/c1-2-3-4-5-6-7-8-9-10-13-16(17)14-11-12-15-21(18,19)20;/h16-17H,2-15H2,1H3,(H,18,19,20);/q;+1/p-1. The molecule has 0 spiro atoms. The van der Waals surface area contributed by atoms with E-state index in [1.807, 2.05) is 0 Å². The minimum atomic E-state index is -4.09. The van der Waals surface area contributed by atoms with Crippen LogP contribution in [0.3, 0.4) is 0 Å². The van der Waals surface area contributed by atoms with Gasteiger partial charge in [0.2, 0.25) is 0 Å². The van der Waals surface area contributed by atoms with Gasteiger partial charge in [-0.3, -0.25) is 0 Å². The van der Waals surface area contributed by atoms with E-state index < -0.39 is 10.1 Å². The Balaban J connectivity index is 0. The Morgan fingerprint density at radius 1 is 0.818 bits per heavy atom. The predicted molar refractivity (Wildman–Crippen MR) is 86.3 cm³/mol. The Labute approximate surface area is 159 Å². The molecular weight excluding hydrogens is 311 g/mol. The van der Waals surface area contributed by atoms with Gasteiger partial charge in [-0.15, -0.1) is 0 Å². The molecule has 0 heterocycles. The maximum atomic E-state index is 10.4. The van der Waals surface area contributed by atoms with Gasteiger partial charge in [0.05, 0.1) is 16.2 Å². The Hall–Kier alpha value is 0.870. The molecule has 0 saturated carbocycles. The van der Waals surface area contributed by atoms with Gasteiger partial charge < -0.3 is 9.66 Å². The monoisotopic (exact) mass is 344 g/mol. The molecule has 0 amide bonds. The molecule has 0 aliphatic carbocycles. The Kier molecular flexibility index (Phi) is 19.1. The van der Waals surface area contributed by atoms with Crippen molar-refractivity contribution in [2.75, 3.05) is 5.75 Å². The van der Waals surface area contributed by atoms with Crippen molar-refractivity contribution in [3.63, 3.8) is 0 Å². The largest absolute Gasteiger partial charge is 1.00 e. The van der Waals surface area contributed by atoms with Gasteiger partial charge in [-0.2, -0.15) is 0 Å². The number of aliphatic hydroxyl groups excluding tert-OH is 1. The molecule has 0 radical (unpaired) electrons. The number of hydrogen-bond acceptors (Lipinski definition) is 4. The first-order valence-corrected chi connectivity index (χ1v) is 10.1. The zero-order valence-electron chi connectivity index (χ0n) is 14.6. The van der Waals surface area contributed by atoms with E-state index >= 15 is 0 Å². The fraction of sp³-hybridized carbons (Fsp3) is 1.00. The van der Waals surface area contributed by atoms with Crippen molar-refractivity contribution >= 4 is 10.1 Å². The summed E-state index contributed by atoms with van der Waals surface area (Å²) in [5.41, 5.74) is 0. The van der Waals surface area contributed by atoms with E-state index in [0.29, 0.717) is 19.3 Å². The Bertz CT molecular complexity index is 320. The third kappa shape index (κ3) is 20.9. The quantitative estimate of drug-likeness (QED) is 0.273. The van der Waals surface area contributed by atoms with Crippen LogP contribution >= 0.6 is 0 Å². The van der Waals surface area contributed by atoms with Gasteiger partial charge in [-0.1, -0.05) is 64.7 Å². The summed E-state index contributed by atoms with van der Waals surface area (Å²) < 4.78 is 31.2. The van der Waals surface area contributed by atoms with E-state index in [1.165, 1.54) is 51.4 Å². The van der Waals surface area contributed by atoms with Crippen molar-refractivity contribution in [3.8, 4) is 0 Å². The minimum absolute atomic E-state index is 0. The summed E-state index contributed by atoms with van der Waals surface area (Å²) >= 11 is 0. The molecule has 0 aromatic heterocycles. The second-order valence-electron chi connectivity index (χ2n) is 6.03. The second kappa shape index (κ2) is 16.7. The molecule has 0 aliphatic rings. The van der Waals surface area contributed by atoms with Crippen LogP contribution in [-0.4, -0.2) is 29.9 Å². The normalized spacial score (nSPS) is 12.9. The SMILES string of the molecule is CCCCCCCCCCCC(O)CCCCS(=O)(=O)[O-].[Na+]. The van der Waals surface area contributed by atoms with Gasteiger partial charge in [-0.05, 0) is 25.7 Å². The molecule has 0 aromatic carbocycles. The third-order valence-corrected chi connectivity index (χ3v) is 4.61. The first-order chi connectivity index (χ1) is 9.95. The Morgan fingerprint density at radius 2 is 1.23 bits per heavy atom. The zero-order valence-corrected chi connectivity index (χ0v) is 17.4. The van der Waals surface area contributed by atoms with Gasteiger partial charge in [0.1, 0.15) is 0 Å². The van der Waals surface area contributed by atoms with E-state index in [2.05, 4.69) is 6.92 Å². The summed E-state index contributed by atoms with van der Waals surface area (Å²) in [5.74, 6) is -0.308. The van der Waals surface area contributed by atoms with Gasteiger partial charge >= 0.3 is 29.6 Å². The fourth-order valence-corrected chi connectivity index (χ4v) is 3.05. The maximum absolute atomic E-state index is 10.4. The smallest absolute Gasteiger partial charge is 0.748 e. The second-order valence-corrected chi connectivity index (χ2v) is 7.55. The molecule has 0 aliphatic heterocycles. The van der Waals surface area contributed by atoms with Crippen LogP contribution in [0.5, 0.6) is 0 Å². The maximum Gasteiger partial charge on any atom is 1.00 e. The van der Waals surface area contributed by atoms with Crippen LogP contribution in [-0.2, 0) is 10.1 Å². The van der Waals surface area contributed by atoms with Crippen molar-refractivity contribution in [2.45, 2.75) is 96.5 Å². The van der Waals surface area contributed by atoms with Gasteiger partial charge in [0.25, 0.3) is 0 Å². The van der Waals surface area contributed by atoms with Crippen molar-refractivity contribution < 1.29 is 47.6 Å². The molecule has 6 heteroatoms. The first-order valence-electron chi connectivity index (χ1n) is 8.57. The molecule has 1 unspecified atom stereocenters. The summed E-state index contributed by atoms with van der Waals surface area (Å²) in [5, 5.41) is 9.75. The summed E-state index contributed by atoms with van der Waals surface area (Å²) in [6.07, 6.45) is 13.4. The van der Waals surface area contributed by atoms with Crippen molar-refractivity contribution in [1.82, 2.24) is 0 Å². The van der Waals surface area contributed by atoms with E-state index in [1.54, 1.807) is 0 Å². The summed E-state index contributed by atoms with van der Waals surface area (Å²) in [6, 6.07) is 0. The van der Waals surface area contributed by atoms with Crippen LogP contribution in [0.25, 0.3) is 0 Å². The van der Waals surface area contributed by atoms with Gasteiger partial charge in [0.15, 0.2) is 0 Å². The number of hydrogen-bond donors (Lipinski definition) is 1. The van der Waals surface area contributed by atoms with Crippen molar-refractivity contribution in [3.05, 3.63) is 0 Å².